The van der Waals surface area contributed by atoms with Gasteiger partial charge in [0, 0.05) is 17.8 Å². The molecule has 0 aromatic carbocycles. The second-order valence-electron chi connectivity index (χ2n) is 9.14. The van der Waals surface area contributed by atoms with Gasteiger partial charge < -0.3 is 15.0 Å². The molecule has 0 saturated heterocycles. The average Bonchev–Trinajstić information content (AvgIpc) is 3.00. The van der Waals surface area contributed by atoms with E-state index in [4.69, 9.17) is 0 Å². The normalized spacial score (nSPS) is 47.4. The van der Waals surface area contributed by atoms with E-state index in [1.165, 1.54) is 0 Å². The van der Waals surface area contributed by atoms with Crippen LogP contribution in [0.5, 0.6) is 0 Å². The van der Waals surface area contributed by atoms with Gasteiger partial charge in [-0.2, -0.15) is 0 Å². The lowest BCUT2D eigenvalue weighted by Crippen LogP contribution is -2.58. The van der Waals surface area contributed by atoms with E-state index in [1.54, 1.807) is 6.08 Å². The van der Waals surface area contributed by atoms with Crippen LogP contribution in [-0.2, 0) is 14.4 Å². The number of hydrogen-bond donors (Lipinski definition) is 2. The van der Waals surface area contributed by atoms with Crippen molar-refractivity contribution in [3.05, 3.63) is 11.6 Å². The fourth-order valence-electron chi connectivity index (χ4n) is 7.18. The number of fused-ring (bicyclic) bond motifs is 5. The molecule has 5 nitrogen and oxygen atoms in total. The number of carbonyl (C=O) groups is 3. The van der Waals surface area contributed by atoms with Gasteiger partial charge in [-0.25, -0.2) is 0 Å². The van der Waals surface area contributed by atoms with Gasteiger partial charge in [-0.05, 0) is 67.8 Å². The fraction of sp³-hybridized carbons (Fsp3) is 0.762. The molecule has 0 aromatic heterocycles. The number of allylic oxidation sites excluding steroid dienone is 1. The largest absolute Gasteiger partial charge is 0.393 e. The molecule has 3 saturated carbocycles. The summed E-state index contributed by atoms with van der Waals surface area (Å²) in [6.07, 6.45) is 6.75. The molecule has 26 heavy (non-hydrogen) atoms. The molecule has 0 bridgehead atoms. The smallest absolute Gasteiger partial charge is 0.162 e. The van der Waals surface area contributed by atoms with Crippen molar-refractivity contribution in [1.82, 2.24) is 0 Å². The molecule has 5 heteroatoms. The molecule has 4 aliphatic rings. The Kier molecular flexibility index (Phi) is 4.23. The van der Waals surface area contributed by atoms with E-state index in [9.17, 15) is 24.6 Å². The summed E-state index contributed by atoms with van der Waals surface area (Å²) >= 11 is 0. The van der Waals surface area contributed by atoms with Crippen LogP contribution in [0.2, 0.25) is 0 Å². The lowest BCUT2D eigenvalue weighted by molar-refractivity contribution is -0.157. The number of aliphatic hydroxyl groups excluding tert-OH is 2. The lowest BCUT2D eigenvalue weighted by Gasteiger charge is -2.59. The van der Waals surface area contributed by atoms with Crippen LogP contribution in [0.1, 0.15) is 51.9 Å². The number of aliphatic hydroxyl groups is 2. The van der Waals surface area contributed by atoms with Crippen molar-refractivity contribution >= 4 is 17.9 Å². The first-order valence-electron chi connectivity index (χ1n) is 9.89. The lowest BCUT2D eigenvalue weighted by atomic mass is 9.45. The van der Waals surface area contributed by atoms with E-state index in [0.717, 1.165) is 37.5 Å². The third kappa shape index (κ3) is 2.26. The quantitative estimate of drug-likeness (QED) is 0.750. The predicted octanol–water partition coefficient (Wildman–Crippen LogP) is 1.85. The van der Waals surface area contributed by atoms with Gasteiger partial charge in [0.25, 0.3) is 0 Å². The van der Waals surface area contributed by atoms with Crippen molar-refractivity contribution in [1.29, 1.82) is 0 Å². The predicted molar refractivity (Wildman–Crippen MR) is 94.1 cm³/mol. The molecule has 0 radical (unpaired) electrons. The molecule has 4 rings (SSSR count). The monoisotopic (exact) mass is 360 g/mol. The molecule has 0 aromatic rings. The summed E-state index contributed by atoms with van der Waals surface area (Å²) < 4.78 is 0. The third-order valence-electron chi connectivity index (χ3n) is 8.27. The standard InChI is InChI=1S/C21H28O5/c1-20-7-6-13(24)8-12(20)2-3-14-15-4-5-16(18(26)10-22)21(15,11-23)9-17(25)19(14)20/h8,11,14-17,19,22,25H,2-7,9-10H2,1H3/t14-,15-,16+,17+,19+,20+,21+/m1/s1. The van der Waals surface area contributed by atoms with Crippen LogP contribution in [0.3, 0.4) is 0 Å². The Morgan fingerprint density at radius 3 is 2.77 bits per heavy atom. The van der Waals surface area contributed by atoms with E-state index >= 15 is 0 Å². The summed E-state index contributed by atoms with van der Waals surface area (Å²) in [6.45, 7) is 1.63. The number of Topliss-reactive ketones (excluding diaryl/α,β-unsaturated/α-hetero) is 1. The van der Waals surface area contributed by atoms with Crippen molar-refractivity contribution in [2.45, 2.75) is 58.0 Å². The van der Waals surface area contributed by atoms with E-state index in [0.29, 0.717) is 19.3 Å². The molecule has 0 spiro atoms. The fourth-order valence-corrected chi connectivity index (χ4v) is 7.18. The van der Waals surface area contributed by atoms with Gasteiger partial charge in [-0.3, -0.25) is 9.59 Å². The summed E-state index contributed by atoms with van der Waals surface area (Å²) in [4.78, 5) is 36.4. The summed E-state index contributed by atoms with van der Waals surface area (Å²) in [5.41, 5.74) is 0.140. The Morgan fingerprint density at radius 2 is 2.08 bits per heavy atom. The zero-order valence-corrected chi connectivity index (χ0v) is 15.3. The number of carbonyl (C=O) groups excluding carboxylic acids is 3. The molecule has 0 aliphatic heterocycles. The van der Waals surface area contributed by atoms with Crippen molar-refractivity contribution in [2.24, 2.45) is 34.5 Å². The van der Waals surface area contributed by atoms with E-state index in [1.807, 2.05) is 0 Å². The second kappa shape index (κ2) is 6.10. The van der Waals surface area contributed by atoms with Crippen LogP contribution < -0.4 is 0 Å². The first-order chi connectivity index (χ1) is 12.4. The van der Waals surface area contributed by atoms with E-state index in [2.05, 4.69) is 6.92 Å². The maximum atomic E-state index is 12.3. The van der Waals surface area contributed by atoms with Crippen LogP contribution >= 0.6 is 0 Å². The van der Waals surface area contributed by atoms with Gasteiger partial charge in [0.15, 0.2) is 11.6 Å². The van der Waals surface area contributed by atoms with Gasteiger partial charge in [0.05, 0.1) is 6.10 Å². The number of rotatable bonds is 3. The number of ketones is 2. The van der Waals surface area contributed by atoms with Gasteiger partial charge in [0.1, 0.15) is 12.9 Å². The van der Waals surface area contributed by atoms with Crippen molar-refractivity contribution in [2.75, 3.05) is 6.61 Å². The molecule has 0 amide bonds. The summed E-state index contributed by atoms with van der Waals surface area (Å²) in [7, 11) is 0. The summed E-state index contributed by atoms with van der Waals surface area (Å²) in [5.74, 6) is -0.241. The van der Waals surface area contributed by atoms with Crippen molar-refractivity contribution < 1.29 is 24.6 Å². The molecule has 142 valence electrons. The van der Waals surface area contributed by atoms with Crippen molar-refractivity contribution in [3.8, 4) is 0 Å². The minimum atomic E-state index is -0.831. The maximum absolute atomic E-state index is 12.3. The first kappa shape index (κ1) is 18.1. The van der Waals surface area contributed by atoms with Crippen LogP contribution in [0.4, 0.5) is 0 Å². The Bertz CT molecular complexity index is 682. The molecule has 3 fully saturated rings. The van der Waals surface area contributed by atoms with Crippen LogP contribution in [-0.4, -0.2) is 40.8 Å². The van der Waals surface area contributed by atoms with Crippen LogP contribution in [0.15, 0.2) is 11.6 Å². The minimum absolute atomic E-state index is 0.0386. The average molecular weight is 360 g/mol. The highest BCUT2D eigenvalue weighted by atomic mass is 16.3. The van der Waals surface area contributed by atoms with Crippen molar-refractivity contribution in [3.63, 3.8) is 0 Å². The summed E-state index contributed by atoms with van der Waals surface area (Å²) in [5, 5.41) is 20.5. The van der Waals surface area contributed by atoms with Gasteiger partial charge in [0.2, 0.25) is 0 Å². The molecule has 7 atom stereocenters. The Balaban J connectivity index is 1.74. The Hall–Kier alpha value is -1.33. The molecule has 0 unspecified atom stereocenters. The summed E-state index contributed by atoms with van der Waals surface area (Å²) in [6, 6.07) is 0. The molecule has 4 aliphatic carbocycles. The zero-order valence-electron chi connectivity index (χ0n) is 15.3. The molecular formula is C21H28O5. The second-order valence-corrected chi connectivity index (χ2v) is 9.14. The van der Waals surface area contributed by atoms with E-state index in [-0.39, 0.29) is 34.7 Å². The SMILES string of the molecule is C[C@]12CCC(=O)C=C1CC[C@H]1[C@H]2[C@@H](O)C[C@]2(C=O)[C@@H]1CC[C@H]2C(=O)CO. The minimum Gasteiger partial charge on any atom is -0.393 e. The van der Waals surface area contributed by atoms with E-state index < -0.39 is 24.0 Å². The molecule has 2 N–H and O–H groups in total. The highest BCUT2D eigenvalue weighted by Crippen LogP contribution is 2.66. The van der Waals surface area contributed by atoms with Gasteiger partial charge >= 0.3 is 0 Å². The third-order valence-corrected chi connectivity index (χ3v) is 8.27. The first-order valence-corrected chi connectivity index (χ1v) is 9.89. The van der Waals surface area contributed by atoms with Gasteiger partial charge in [-0.15, -0.1) is 0 Å². The maximum Gasteiger partial charge on any atom is 0.162 e. The topological polar surface area (TPSA) is 91.7 Å². The Labute approximate surface area is 153 Å². The Morgan fingerprint density at radius 1 is 1.31 bits per heavy atom. The molecular weight excluding hydrogens is 332 g/mol. The number of aldehydes is 1. The van der Waals surface area contributed by atoms with Crippen LogP contribution in [0, 0.1) is 34.5 Å². The number of hydrogen-bond acceptors (Lipinski definition) is 5. The molecule has 0 heterocycles. The zero-order chi connectivity index (χ0) is 18.7. The van der Waals surface area contributed by atoms with Crippen LogP contribution in [0.25, 0.3) is 0 Å². The van der Waals surface area contributed by atoms with Gasteiger partial charge in [-0.1, -0.05) is 12.5 Å². The highest BCUT2D eigenvalue weighted by molar-refractivity contribution is 5.91. The highest BCUT2D eigenvalue weighted by Gasteiger charge is 2.64.